The third-order valence-corrected chi connectivity index (χ3v) is 4.88. The molecule has 18 heteroatoms. The molecule has 0 heterocycles. The Bertz CT molecular complexity index is 921. The highest BCUT2D eigenvalue weighted by Crippen LogP contribution is 2.06. The van der Waals surface area contributed by atoms with Crippen LogP contribution in [0.3, 0.4) is 0 Å². The van der Waals surface area contributed by atoms with Crippen LogP contribution in [0.25, 0.3) is 0 Å². The van der Waals surface area contributed by atoms with E-state index in [-0.39, 0.29) is 18.9 Å². The Morgan fingerprint density at radius 1 is 0.684 bits per heavy atom. The Labute approximate surface area is 216 Å². The summed E-state index contributed by atoms with van der Waals surface area (Å²) < 4.78 is 0. The number of nitrogens with one attached hydrogen (secondary N) is 3. The van der Waals surface area contributed by atoms with Crippen LogP contribution in [0.4, 0.5) is 0 Å². The summed E-state index contributed by atoms with van der Waals surface area (Å²) in [6.45, 7) is 0.180. The summed E-state index contributed by atoms with van der Waals surface area (Å²) in [4.78, 5) is 86.2. The Kier molecular flexibility index (Phi) is 15.0. The lowest BCUT2D eigenvalue weighted by atomic mass is 10.1. The predicted molar refractivity (Wildman–Crippen MR) is 129 cm³/mol. The van der Waals surface area contributed by atoms with Crippen LogP contribution in [0, 0.1) is 0 Å². The zero-order valence-electron chi connectivity index (χ0n) is 20.4. The van der Waals surface area contributed by atoms with Crippen LogP contribution in [-0.4, -0.2) is 93.5 Å². The smallest absolute Gasteiger partial charge is 0.326 e. The molecule has 4 unspecified atom stereocenters. The maximum absolute atomic E-state index is 12.9. The van der Waals surface area contributed by atoms with E-state index in [0.29, 0.717) is 6.42 Å². The van der Waals surface area contributed by atoms with Crippen molar-refractivity contribution in [3.63, 3.8) is 0 Å². The molecule has 0 aliphatic rings. The van der Waals surface area contributed by atoms with Crippen molar-refractivity contribution in [3.05, 3.63) is 0 Å². The molecule has 214 valence electrons. The Balaban J connectivity index is 5.58. The first-order valence-electron chi connectivity index (χ1n) is 11.3. The summed E-state index contributed by atoms with van der Waals surface area (Å²) in [6.07, 6.45) is -2.47. The molecule has 0 bridgehead atoms. The van der Waals surface area contributed by atoms with Gasteiger partial charge in [-0.15, -0.1) is 0 Å². The van der Waals surface area contributed by atoms with Gasteiger partial charge in [-0.2, -0.15) is 0 Å². The van der Waals surface area contributed by atoms with Crippen LogP contribution < -0.4 is 38.9 Å². The fourth-order valence-corrected chi connectivity index (χ4v) is 2.95. The van der Waals surface area contributed by atoms with E-state index < -0.39 is 97.8 Å². The highest BCUT2D eigenvalue weighted by Gasteiger charge is 2.31. The molecule has 0 aromatic carbocycles. The van der Waals surface area contributed by atoms with Crippen molar-refractivity contribution in [2.24, 2.45) is 27.9 Å². The van der Waals surface area contributed by atoms with Gasteiger partial charge >= 0.3 is 17.9 Å². The van der Waals surface area contributed by atoms with Gasteiger partial charge in [-0.3, -0.25) is 33.8 Å². The molecular formula is C20H34N8O10. The van der Waals surface area contributed by atoms with E-state index in [0.717, 1.165) is 0 Å². The average Bonchev–Trinajstić information content (AvgIpc) is 2.80. The fourth-order valence-electron chi connectivity index (χ4n) is 2.95. The minimum absolute atomic E-state index is 0.107. The van der Waals surface area contributed by atoms with Gasteiger partial charge < -0.3 is 54.2 Å². The number of amides is 4. The average molecular weight is 547 g/mol. The lowest BCUT2D eigenvalue weighted by Gasteiger charge is -2.24. The molecule has 0 aromatic heterocycles. The molecule has 0 aliphatic carbocycles. The van der Waals surface area contributed by atoms with Crippen molar-refractivity contribution in [2.75, 3.05) is 6.54 Å². The molecule has 38 heavy (non-hydrogen) atoms. The first kappa shape index (κ1) is 33.5. The SMILES string of the molecule is NC(=O)CC(NC(=O)C(CCC(=O)O)NC(=O)C(CCC(=O)O)NC(=O)C(N)CCCN=C(N)N)C(=O)O. The number of carbonyl (C=O) groups excluding carboxylic acids is 4. The number of carbonyl (C=O) groups is 7. The number of guanidine groups is 1. The van der Waals surface area contributed by atoms with E-state index in [4.69, 9.17) is 33.1 Å². The maximum atomic E-state index is 12.9. The van der Waals surface area contributed by atoms with Gasteiger partial charge in [0.25, 0.3) is 0 Å². The van der Waals surface area contributed by atoms with Crippen LogP contribution in [0.2, 0.25) is 0 Å². The quantitative estimate of drug-likeness (QED) is 0.0415. The number of carboxylic acid groups (broad SMARTS) is 3. The number of carboxylic acids is 3. The summed E-state index contributed by atoms with van der Waals surface area (Å²) in [5, 5.41) is 33.6. The van der Waals surface area contributed by atoms with Crippen LogP contribution in [0.15, 0.2) is 4.99 Å². The van der Waals surface area contributed by atoms with E-state index in [1.54, 1.807) is 0 Å². The molecular weight excluding hydrogens is 512 g/mol. The van der Waals surface area contributed by atoms with Gasteiger partial charge in [-0.1, -0.05) is 0 Å². The molecule has 0 rings (SSSR count). The Morgan fingerprint density at radius 2 is 1.13 bits per heavy atom. The number of nitrogens with two attached hydrogens (primary N) is 4. The monoisotopic (exact) mass is 546 g/mol. The van der Waals surface area contributed by atoms with Gasteiger partial charge in [0, 0.05) is 19.4 Å². The molecule has 0 fully saturated rings. The second kappa shape index (κ2) is 17.1. The molecule has 4 amide bonds. The Hall–Kier alpha value is -4.48. The van der Waals surface area contributed by atoms with Crippen LogP contribution in [0.5, 0.6) is 0 Å². The number of nitrogens with zero attached hydrogens (tertiary/aromatic N) is 1. The van der Waals surface area contributed by atoms with Crippen LogP contribution in [0.1, 0.15) is 44.9 Å². The Morgan fingerprint density at radius 3 is 1.53 bits per heavy atom. The molecule has 0 aromatic rings. The third kappa shape index (κ3) is 14.8. The van der Waals surface area contributed by atoms with E-state index in [2.05, 4.69) is 15.6 Å². The van der Waals surface area contributed by atoms with Crippen molar-refractivity contribution < 1.29 is 48.9 Å². The second-order valence-corrected chi connectivity index (χ2v) is 8.11. The van der Waals surface area contributed by atoms with E-state index in [1.807, 2.05) is 5.32 Å². The lowest BCUT2D eigenvalue weighted by molar-refractivity contribution is -0.144. The fraction of sp³-hybridized carbons (Fsp3) is 0.600. The second-order valence-electron chi connectivity index (χ2n) is 8.11. The third-order valence-electron chi connectivity index (χ3n) is 4.88. The van der Waals surface area contributed by atoms with Gasteiger partial charge in [0.05, 0.1) is 12.5 Å². The highest BCUT2D eigenvalue weighted by atomic mass is 16.4. The van der Waals surface area contributed by atoms with E-state index >= 15 is 0 Å². The van der Waals surface area contributed by atoms with Gasteiger partial charge in [0.1, 0.15) is 18.1 Å². The number of aliphatic carboxylic acids is 3. The zero-order chi connectivity index (χ0) is 29.4. The minimum Gasteiger partial charge on any atom is -0.481 e. The van der Waals surface area contributed by atoms with Crippen molar-refractivity contribution in [1.82, 2.24) is 16.0 Å². The van der Waals surface area contributed by atoms with Gasteiger partial charge in [0.2, 0.25) is 23.6 Å². The molecule has 4 atom stereocenters. The normalized spacial score (nSPS) is 13.6. The molecule has 0 saturated heterocycles. The van der Waals surface area contributed by atoms with Crippen molar-refractivity contribution in [3.8, 4) is 0 Å². The first-order chi connectivity index (χ1) is 17.6. The summed E-state index contributed by atoms with van der Waals surface area (Å²) >= 11 is 0. The number of hydrogen-bond donors (Lipinski definition) is 10. The number of aliphatic imine (C=N–C) groups is 1. The molecule has 14 N–H and O–H groups in total. The van der Waals surface area contributed by atoms with Crippen molar-refractivity contribution in [2.45, 2.75) is 69.1 Å². The summed E-state index contributed by atoms with van der Waals surface area (Å²) in [5.41, 5.74) is 21.2. The van der Waals surface area contributed by atoms with Gasteiger partial charge in [-0.25, -0.2) is 4.79 Å². The predicted octanol–water partition coefficient (Wildman–Crippen LogP) is -4.49. The van der Waals surface area contributed by atoms with Gasteiger partial charge in [-0.05, 0) is 25.7 Å². The van der Waals surface area contributed by atoms with E-state index in [1.165, 1.54) is 0 Å². The van der Waals surface area contributed by atoms with E-state index in [9.17, 15) is 38.7 Å². The summed E-state index contributed by atoms with van der Waals surface area (Å²) in [5.74, 6) is -8.47. The number of rotatable bonds is 19. The number of hydrogen-bond acceptors (Lipinski definition) is 9. The maximum Gasteiger partial charge on any atom is 0.326 e. The molecule has 18 nitrogen and oxygen atoms in total. The van der Waals surface area contributed by atoms with Crippen LogP contribution in [-0.2, 0) is 33.6 Å². The van der Waals surface area contributed by atoms with Crippen LogP contribution >= 0.6 is 0 Å². The summed E-state index contributed by atoms with van der Waals surface area (Å²) in [6, 6.07) is -6.00. The molecule has 0 spiro atoms. The molecule has 0 saturated carbocycles. The minimum atomic E-state index is -1.76. The van der Waals surface area contributed by atoms with Crippen molar-refractivity contribution in [1.29, 1.82) is 0 Å². The number of primary amides is 1. The molecule has 0 radical (unpaired) electrons. The summed E-state index contributed by atoms with van der Waals surface area (Å²) in [7, 11) is 0. The lowest BCUT2D eigenvalue weighted by Crippen LogP contribution is -2.57. The van der Waals surface area contributed by atoms with Crippen molar-refractivity contribution >= 4 is 47.5 Å². The zero-order valence-corrected chi connectivity index (χ0v) is 20.4. The highest BCUT2D eigenvalue weighted by molar-refractivity contribution is 5.95. The molecule has 0 aliphatic heterocycles. The standard InChI is InChI=1S/C20H34N8O10/c21-9(2-1-7-25-20(23)24)16(34)26-10(3-5-14(30)31)17(35)27-11(4-6-15(32)33)18(36)28-12(19(37)38)8-13(22)29/h9-12H,1-8,21H2,(H2,22,29)(H,26,34)(H,27,35)(H,28,36)(H,30,31)(H,32,33)(H,37,38)(H4,23,24,25). The topological polar surface area (TPSA) is 333 Å². The first-order valence-corrected chi connectivity index (χ1v) is 11.3. The van der Waals surface area contributed by atoms with Gasteiger partial charge in [0.15, 0.2) is 5.96 Å². The largest absolute Gasteiger partial charge is 0.481 e.